The van der Waals surface area contributed by atoms with Crippen molar-refractivity contribution in [1.82, 2.24) is 32.9 Å². The zero-order valence-corrected chi connectivity index (χ0v) is 22.1. The summed E-state index contributed by atoms with van der Waals surface area (Å²) in [6.45, 7) is 7.63. The van der Waals surface area contributed by atoms with Crippen molar-refractivity contribution in [2.24, 2.45) is 14.1 Å². The van der Waals surface area contributed by atoms with Crippen LogP contribution in [0.1, 0.15) is 22.9 Å². The standard InChI is InChI=1S/C29H33N7O2/c1-21-20-36-25-26(31(2)29(38)32(3)27(25)37)30-28(36)35(21)19-16-33-14-17-34(18-15-33)24(22-10-6-4-7-11-22)23-12-8-5-9-13-23/h4-13,20,24H,14-19H2,1-3H3. The van der Waals surface area contributed by atoms with Crippen molar-refractivity contribution in [2.45, 2.75) is 19.5 Å². The molecule has 0 atom stereocenters. The summed E-state index contributed by atoms with van der Waals surface area (Å²) in [5, 5.41) is 0. The molecule has 1 saturated heterocycles. The first-order valence-corrected chi connectivity index (χ1v) is 13.1. The minimum absolute atomic E-state index is 0.248. The van der Waals surface area contributed by atoms with Gasteiger partial charge in [-0.3, -0.25) is 28.1 Å². The number of benzene rings is 2. The molecule has 0 saturated carbocycles. The molecule has 1 aliphatic rings. The number of imidazole rings is 2. The molecule has 0 amide bonds. The Morgan fingerprint density at radius 2 is 1.42 bits per heavy atom. The van der Waals surface area contributed by atoms with Gasteiger partial charge in [-0.1, -0.05) is 60.7 Å². The van der Waals surface area contributed by atoms with E-state index in [1.165, 1.54) is 22.7 Å². The molecular weight excluding hydrogens is 478 g/mol. The molecule has 9 nitrogen and oxygen atoms in total. The maximum absolute atomic E-state index is 12.9. The molecule has 0 bridgehead atoms. The van der Waals surface area contributed by atoms with E-state index in [1.807, 2.05) is 17.5 Å². The molecule has 38 heavy (non-hydrogen) atoms. The van der Waals surface area contributed by atoms with Crippen LogP contribution in [-0.2, 0) is 20.6 Å². The van der Waals surface area contributed by atoms with Crippen LogP contribution in [0.2, 0.25) is 0 Å². The van der Waals surface area contributed by atoms with Gasteiger partial charge in [-0.05, 0) is 18.1 Å². The predicted octanol–water partition coefficient (Wildman–Crippen LogP) is 2.40. The van der Waals surface area contributed by atoms with Crippen molar-refractivity contribution in [3.8, 4) is 0 Å². The number of piperazine rings is 1. The first-order valence-electron chi connectivity index (χ1n) is 13.1. The molecule has 9 heteroatoms. The van der Waals surface area contributed by atoms with E-state index in [0.717, 1.165) is 49.5 Å². The molecular formula is C29H33N7O2. The van der Waals surface area contributed by atoms with Gasteiger partial charge in [-0.2, -0.15) is 4.98 Å². The summed E-state index contributed by atoms with van der Waals surface area (Å²) in [5.74, 6) is 0.697. The number of aromatic nitrogens is 5. The zero-order valence-electron chi connectivity index (χ0n) is 22.1. The quantitative estimate of drug-likeness (QED) is 0.350. The smallest absolute Gasteiger partial charge is 0.313 e. The summed E-state index contributed by atoms with van der Waals surface area (Å²) in [6, 6.07) is 21.8. The summed E-state index contributed by atoms with van der Waals surface area (Å²) in [7, 11) is 3.17. The van der Waals surface area contributed by atoms with Crippen molar-refractivity contribution < 1.29 is 0 Å². The van der Waals surface area contributed by atoms with E-state index in [-0.39, 0.29) is 17.3 Å². The van der Waals surface area contributed by atoms with E-state index in [0.29, 0.717) is 16.9 Å². The van der Waals surface area contributed by atoms with Crippen LogP contribution in [-0.4, -0.2) is 65.6 Å². The normalized spacial score (nSPS) is 15.3. The maximum Gasteiger partial charge on any atom is 0.332 e. The molecule has 2 aromatic carbocycles. The monoisotopic (exact) mass is 511 g/mol. The summed E-state index contributed by atoms with van der Waals surface area (Å²) < 4.78 is 6.56. The van der Waals surface area contributed by atoms with Crippen LogP contribution >= 0.6 is 0 Å². The Morgan fingerprint density at radius 1 is 0.816 bits per heavy atom. The molecule has 0 radical (unpaired) electrons. The molecule has 1 fully saturated rings. The number of nitrogens with zero attached hydrogens (tertiary/aromatic N) is 7. The van der Waals surface area contributed by atoms with Crippen molar-refractivity contribution in [3.05, 3.63) is 105 Å². The average Bonchev–Trinajstić information content (AvgIpc) is 3.46. The second-order valence-electron chi connectivity index (χ2n) is 10.2. The third-order valence-corrected chi connectivity index (χ3v) is 7.90. The van der Waals surface area contributed by atoms with Crippen LogP contribution in [0.5, 0.6) is 0 Å². The fourth-order valence-electron chi connectivity index (χ4n) is 5.78. The van der Waals surface area contributed by atoms with E-state index >= 15 is 0 Å². The molecule has 0 unspecified atom stereocenters. The van der Waals surface area contributed by atoms with Gasteiger partial charge in [-0.15, -0.1) is 0 Å². The van der Waals surface area contributed by atoms with Crippen LogP contribution in [0.4, 0.5) is 0 Å². The lowest BCUT2D eigenvalue weighted by Gasteiger charge is -2.40. The van der Waals surface area contributed by atoms with Gasteiger partial charge in [0.2, 0.25) is 5.78 Å². The number of hydrogen-bond acceptors (Lipinski definition) is 5. The number of aryl methyl sites for hydroxylation is 2. The molecule has 6 rings (SSSR count). The fraction of sp³-hybridized carbons (Fsp3) is 0.345. The van der Waals surface area contributed by atoms with Gasteiger partial charge in [0.05, 0.1) is 6.04 Å². The van der Waals surface area contributed by atoms with E-state index in [9.17, 15) is 9.59 Å². The van der Waals surface area contributed by atoms with E-state index in [4.69, 9.17) is 4.98 Å². The molecule has 196 valence electrons. The first-order chi connectivity index (χ1) is 18.4. The van der Waals surface area contributed by atoms with E-state index in [1.54, 1.807) is 7.05 Å². The Kier molecular flexibility index (Phi) is 6.25. The van der Waals surface area contributed by atoms with Gasteiger partial charge in [0, 0.05) is 65.3 Å². The van der Waals surface area contributed by atoms with E-state index < -0.39 is 0 Å². The van der Waals surface area contributed by atoms with Crippen molar-refractivity contribution in [1.29, 1.82) is 0 Å². The van der Waals surface area contributed by atoms with Crippen LogP contribution in [0, 0.1) is 6.92 Å². The average molecular weight is 512 g/mol. The topological polar surface area (TPSA) is 72.7 Å². The van der Waals surface area contributed by atoms with Gasteiger partial charge in [0.15, 0.2) is 11.2 Å². The van der Waals surface area contributed by atoms with Gasteiger partial charge in [0.25, 0.3) is 5.56 Å². The Hall–Kier alpha value is -3.95. The second-order valence-corrected chi connectivity index (χ2v) is 10.2. The Balaban J connectivity index is 1.20. The molecule has 4 heterocycles. The number of hydrogen-bond donors (Lipinski definition) is 0. The van der Waals surface area contributed by atoms with Gasteiger partial charge >= 0.3 is 5.69 Å². The van der Waals surface area contributed by atoms with E-state index in [2.05, 4.69) is 75.0 Å². The van der Waals surface area contributed by atoms with Crippen LogP contribution in [0.15, 0.2) is 76.4 Å². The lowest BCUT2D eigenvalue weighted by Crippen LogP contribution is -2.48. The third-order valence-electron chi connectivity index (χ3n) is 7.90. The number of rotatable bonds is 6. The second kappa shape index (κ2) is 9.74. The van der Waals surface area contributed by atoms with Crippen LogP contribution in [0.25, 0.3) is 16.9 Å². The molecule has 5 aromatic rings. The predicted molar refractivity (Wildman–Crippen MR) is 149 cm³/mol. The summed E-state index contributed by atoms with van der Waals surface area (Å²) in [6.07, 6.45) is 1.94. The molecule has 3 aromatic heterocycles. The fourth-order valence-corrected chi connectivity index (χ4v) is 5.78. The maximum atomic E-state index is 12.9. The molecule has 0 N–H and O–H groups in total. The zero-order chi connectivity index (χ0) is 26.4. The first kappa shape index (κ1) is 24.4. The lowest BCUT2D eigenvalue weighted by atomic mass is 9.96. The Bertz CT molecular complexity index is 1670. The van der Waals surface area contributed by atoms with Gasteiger partial charge < -0.3 is 4.57 Å². The SMILES string of the molecule is Cc1cn2c3c(=O)n(C)c(=O)n(C)c3nc2n1CCN1CCN(C(c2ccccc2)c2ccccc2)CC1. The summed E-state index contributed by atoms with van der Waals surface area (Å²) in [5.41, 5.74) is 3.85. The number of fused-ring (bicyclic) bond motifs is 3. The van der Waals surface area contributed by atoms with Gasteiger partial charge in [0.1, 0.15) is 0 Å². The minimum Gasteiger partial charge on any atom is -0.313 e. The lowest BCUT2D eigenvalue weighted by molar-refractivity contribution is 0.107. The van der Waals surface area contributed by atoms with Crippen molar-refractivity contribution >= 4 is 16.9 Å². The van der Waals surface area contributed by atoms with Crippen molar-refractivity contribution in [3.63, 3.8) is 0 Å². The highest BCUT2D eigenvalue weighted by atomic mass is 16.2. The van der Waals surface area contributed by atoms with Gasteiger partial charge in [-0.25, -0.2) is 4.79 Å². The largest absolute Gasteiger partial charge is 0.332 e. The highest BCUT2D eigenvalue weighted by Gasteiger charge is 2.26. The minimum atomic E-state index is -0.367. The van der Waals surface area contributed by atoms with Crippen molar-refractivity contribution in [2.75, 3.05) is 32.7 Å². The highest BCUT2D eigenvalue weighted by molar-refractivity contribution is 5.75. The molecule has 1 aliphatic heterocycles. The molecule has 0 aliphatic carbocycles. The van der Waals surface area contributed by atoms with Crippen LogP contribution in [0.3, 0.4) is 0 Å². The Morgan fingerprint density at radius 3 is 2.03 bits per heavy atom. The van der Waals surface area contributed by atoms with Crippen LogP contribution < -0.4 is 11.2 Å². The Labute approximate surface area is 220 Å². The summed E-state index contributed by atoms with van der Waals surface area (Å²) in [4.78, 5) is 35.1. The summed E-state index contributed by atoms with van der Waals surface area (Å²) >= 11 is 0. The third kappa shape index (κ3) is 4.08. The molecule has 0 spiro atoms. The highest BCUT2D eigenvalue weighted by Crippen LogP contribution is 2.29.